The normalized spacial score (nSPS) is 11.9. The van der Waals surface area contributed by atoms with Gasteiger partial charge < -0.3 is 9.47 Å². The molecule has 0 bridgehead atoms. The van der Waals surface area contributed by atoms with Crippen LogP contribution in [-0.4, -0.2) is 47.5 Å². The third-order valence-electron chi connectivity index (χ3n) is 4.06. The molecule has 0 aliphatic rings. The molecule has 3 N–H and O–H groups in total. The largest absolute Gasteiger partial charge is 0.486 e. The number of benzene rings is 2. The van der Waals surface area contributed by atoms with Crippen molar-refractivity contribution in [3.8, 4) is 5.75 Å². The number of ether oxygens (including phenoxy) is 2. The maximum atomic E-state index is 11.6. The molecule has 0 spiro atoms. The van der Waals surface area contributed by atoms with Gasteiger partial charge in [-0.3, -0.25) is 0 Å². The SMILES string of the molecule is CC(=O)Nc1ccc([As](=O)(O)OO)cc1.COC(=O)c1nc(Br)ccc1OCc1ccccc1. The Hall–Kier alpha value is -2.95. The summed E-state index contributed by atoms with van der Waals surface area (Å²) in [4.78, 5) is 26.4. The number of hydrogen-bond acceptors (Lipinski definition) is 8. The van der Waals surface area contributed by atoms with Crippen LogP contribution in [0.2, 0.25) is 0 Å². The number of anilines is 1. The number of amides is 1. The van der Waals surface area contributed by atoms with Gasteiger partial charge in [-0.15, -0.1) is 0 Å². The number of aromatic nitrogens is 1. The van der Waals surface area contributed by atoms with Gasteiger partial charge in [0, 0.05) is 0 Å². The fourth-order valence-corrected chi connectivity index (χ4v) is 4.11. The Bertz CT molecular complexity index is 1160. The van der Waals surface area contributed by atoms with Gasteiger partial charge in [0.05, 0.1) is 7.11 Å². The Labute approximate surface area is 206 Å². The zero-order valence-electron chi connectivity index (χ0n) is 18.2. The Morgan fingerprint density at radius 2 is 1.71 bits per heavy atom. The number of methoxy groups -OCH3 is 1. The number of nitrogens with zero attached hydrogens (tertiary/aromatic N) is 1. The van der Waals surface area contributed by atoms with Gasteiger partial charge in [-0.1, -0.05) is 30.3 Å². The molecule has 0 fully saturated rings. The van der Waals surface area contributed by atoms with E-state index in [1.807, 2.05) is 30.3 Å². The Morgan fingerprint density at radius 3 is 2.26 bits per heavy atom. The van der Waals surface area contributed by atoms with E-state index in [0.29, 0.717) is 22.6 Å². The first-order chi connectivity index (χ1) is 16.2. The summed E-state index contributed by atoms with van der Waals surface area (Å²) in [6.07, 6.45) is 0. The molecular weight excluding hydrogens is 575 g/mol. The molecule has 180 valence electrons. The van der Waals surface area contributed by atoms with Gasteiger partial charge in [0.15, 0.2) is 11.4 Å². The van der Waals surface area contributed by atoms with E-state index < -0.39 is 20.1 Å². The Kier molecular flexibility index (Phi) is 10.5. The molecule has 3 rings (SSSR count). The van der Waals surface area contributed by atoms with E-state index in [-0.39, 0.29) is 16.0 Å². The Morgan fingerprint density at radius 1 is 1.06 bits per heavy atom. The summed E-state index contributed by atoms with van der Waals surface area (Å²) in [7, 11) is 1.31. The number of hydrogen-bond donors (Lipinski definition) is 3. The summed E-state index contributed by atoms with van der Waals surface area (Å²) in [5.74, 6) is -0.359. The molecule has 1 amide bonds. The Balaban J connectivity index is 0.000000248. The standard InChI is InChI=1S/C14H12BrNO3.C8H10AsNO5/c1-18-14(17)13-11(7-8-12(15)16-13)19-9-10-5-3-2-4-6-10;1-6(11)10-8-4-2-7(3-5-8)9(12,13)15-14/h2-8H,9H2,1H3;2-5,14H,1H3,(H,10,11)(H,12,13). The molecule has 0 saturated heterocycles. The molecule has 1 unspecified atom stereocenters. The summed E-state index contributed by atoms with van der Waals surface area (Å²) >= 11 is -1.55. The molecule has 1 atom stereocenters. The summed E-state index contributed by atoms with van der Waals surface area (Å²) in [6, 6.07) is 18.6. The van der Waals surface area contributed by atoms with Crippen LogP contribution in [0.5, 0.6) is 5.75 Å². The van der Waals surface area contributed by atoms with Crippen molar-refractivity contribution in [1.82, 2.24) is 4.98 Å². The summed E-state index contributed by atoms with van der Waals surface area (Å²) in [6.45, 7) is 1.72. The van der Waals surface area contributed by atoms with Crippen molar-refractivity contribution in [2.24, 2.45) is 0 Å². The van der Waals surface area contributed by atoms with Crippen molar-refractivity contribution in [3.05, 3.63) is 82.6 Å². The predicted octanol–water partition coefficient (Wildman–Crippen LogP) is 2.91. The van der Waals surface area contributed by atoms with Crippen LogP contribution in [0.15, 0.2) is 71.3 Å². The molecular formula is C22H22AsBrN2O8. The second kappa shape index (κ2) is 13.1. The molecule has 34 heavy (non-hydrogen) atoms. The minimum Gasteiger partial charge on any atom is -0.486 e. The van der Waals surface area contributed by atoms with Crippen LogP contribution in [0.3, 0.4) is 0 Å². The van der Waals surface area contributed by atoms with E-state index in [2.05, 4.69) is 34.8 Å². The first kappa shape index (κ1) is 27.3. The van der Waals surface area contributed by atoms with Gasteiger partial charge in [0.1, 0.15) is 11.2 Å². The fourth-order valence-electron chi connectivity index (χ4n) is 2.50. The average Bonchev–Trinajstić information content (AvgIpc) is 2.83. The van der Waals surface area contributed by atoms with Crippen LogP contribution in [0.4, 0.5) is 5.69 Å². The molecule has 10 nitrogen and oxygen atoms in total. The van der Waals surface area contributed by atoms with Gasteiger partial charge in [-0.05, 0) is 33.6 Å². The van der Waals surface area contributed by atoms with Gasteiger partial charge in [-0.25, -0.2) is 9.78 Å². The van der Waals surface area contributed by atoms with E-state index >= 15 is 0 Å². The second-order valence-corrected chi connectivity index (χ2v) is 11.0. The first-order valence-electron chi connectivity index (χ1n) is 9.62. The van der Waals surface area contributed by atoms with Crippen LogP contribution in [0, 0.1) is 0 Å². The number of nitrogens with one attached hydrogen (secondary N) is 1. The molecule has 0 radical (unpaired) electrons. The number of esters is 1. The predicted molar refractivity (Wildman–Crippen MR) is 127 cm³/mol. The van der Waals surface area contributed by atoms with Crippen molar-refractivity contribution in [2.75, 3.05) is 12.4 Å². The fraction of sp³-hybridized carbons (Fsp3) is 0.136. The summed E-state index contributed by atoms with van der Waals surface area (Å²) < 4.78 is 34.7. The quantitative estimate of drug-likeness (QED) is 0.123. The average molecular weight is 597 g/mol. The number of halogens is 1. The third-order valence-corrected chi connectivity index (χ3v) is 6.97. The zero-order chi connectivity index (χ0) is 25.1. The van der Waals surface area contributed by atoms with Crippen LogP contribution in [-0.2, 0) is 23.8 Å². The summed E-state index contributed by atoms with van der Waals surface area (Å²) in [5.41, 5.74) is 1.67. The second-order valence-electron chi connectivity index (χ2n) is 6.58. The van der Waals surface area contributed by atoms with E-state index in [4.69, 9.17) is 14.1 Å². The van der Waals surface area contributed by atoms with E-state index in [9.17, 15) is 13.3 Å². The molecule has 3 aromatic rings. The summed E-state index contributed by atoms with van der Waals surface area (Å²) in [5, 5.41) is 10.7. The zero-order valence-corrected chi connectivity index (χ0v) is 21.6. The van der Waals surface area contributed by atoms with E-state index in [1.54, 1.807) is 12.1 Å². The number of carbonyl (C=O) groups excluding carboxylic acids is 2. The topological polar surface area (TPSA) is 144 Å². The number of carbonyl (C=O) groups is 2. The molecule has 12 heteroatoms. The van der Waals surface area contributed by atoms with Gasteiger partial charge in [0.2, 0.25) is 0 Å². The molecule has 0 aliphatic carbocycles. The van der Waals surface area contributed by atoms with Crippen LogP contribution < -0.4 is 14.4 Å². The molecule has 1 aromatic heterocycles. The van der Waals surface area contributed by atoms with Crippen molar-refractivity contribution in [1.29, 1.82) is 0 Å². The van der Waals surface area contributed by atoms with Gasteiger partial charge in [-0.2, -0.15) is 0 Å². The minimum atomic E-state index is -4.76. The van der Waals surface area contributed by atoms with E-state index in [1.165, 1.54) is 38.3 Å². The van der Waals surface area contributed by atoms with E-state index in [0.717, 1.165) is 5.56 Å². The monoisotopic (exact) mass is 596 g/mol. The van der Waals surface area contributed by atoms with Crippen molar-refractivity contribution >= 4 is 52.0 Å². The smallest absolute Gasteiger partial charge is 0.360 e. The number of rotatable bonds is 7. The van der Waals surface area contributed by atoms with Crippen molar-refractivity contribution < 1.29 is 36.0 Å². The molecule has 2 aromatic carbocycles. The van der Waals surface area contributed by atoms with Gasteiger partial charge >= 0.3 is 94.4 Å². The van der Waals surface area contributed by atoms with Crippen LogP contribution >= 0.6 is 15.9 Å². The van der Waals surface area contributed by atoms with Crippen LogP contribution in [0.1, 0.15) is 23.0 Å². The molecule has 0 aliphatic heterocycles. The van der Waals surface area contributed by atoms with Crippen LogP contribution in [0.25, 0.3) is 0 Å². The number of pyridine rings is 1. The minimum absolute atomic E-state index is 0.00438. The maximum Gasteiger partial charge on any atom is 0.360 e. The third kappa shape index (κ3) is 8.44. The van der Waals surface area contributed by atoms with Crippen molar-refractivity contribution in [3.63, 3.8) is 0 Å². The maximum absolute atomic E-state index is 11.6. The van der Waals surface area contributed by atoms with Crippen molar-refractivity contribution in [2.45, 2.75) is 13.5 Å². The molecule has 0 saturated carbocycles. The first-order valence-corrected chi connectivity index (χ1v) is 13.7. The van der Waals surface area contributed by atoms with Gasteiger partial charge in [0.25, 0.3) is 0 Å². The molecule has 1 heterocycles.